The lowest BCUT2D eigenvalue weighted by Crippen LogP contribution is -2.41. The predicted octanol–water partition coefficient (Wildman–Crippen LogP) is 2.27. The summed E-state index contributed by atoms with van der Waals surface area (Å²) >= 11 is 0. The van der Waals surface area contributed by atoms with E-state index in [4.69, 9.17) is 4.74 Å². The molecule has 2 aromatic rings. The van der Waals surface area contributed by atoms with Crippen molar-refractivity contribution in [3.05, 3.63) is 40.6 Å². The summed E-state index contributed by atoms with van der Waals surface area (Å²) in [6.07, 6.45) is -3.83. The van der Waals surface area contributed by atoms with Crippen LogP contribution in [0.4, 0.5) is 18.9 Å². The van der Waals surface area contributed by atoms with Gasteiger partial charge in [-0.25, -0.2) is 9.48 Å². The van der Waals surface area contributed by atoms with Crippen molar-refractivity contribution in [1.29, 1.82) is 0 Å². The number of anilines is 1. The van der Waals surface area contributed by atoms with Crippen molar-refractivity contribution in [2.75, 3.05) is 31.6 Å². The summed E-state index contributed by atoms with van der Waals surface area (Å²) in [7, 11) is 1.06. The molecular weight excluding hydrogens is 403 g/mol. The zero-order valence-electron chi connectivity index (χ0n) is 16.8. The lowest BCUT2D eigenvalue weighted by Gasteiger charge is -2.31. The second-order valence-corrected chi connectivity index (χ2v) is 7.09. The fourth-order valence-electron chi connectivity index (χ4n) is 3.51. The number of carbonyl (C=O) groups excluding carboxylic acids is 1. The first-order valence-electron chi connectivity index (χ1n) is 9.67. The Morgan fingerprint density at radius 1 is 1.27 bits per heavy atom. The number of amides is 1. The number of nitrogens with zero attached hydrogens (tertiary/aromatic N) is 4. The SMILES string of the molecule is CCOc1ccccc1NC(=O)CN1CCC(n2nc(C(F)(F)F)n(C)c2=O)CC1. The number of aromatic nitrogens is 3. The van der Waals surface area contributed by atoms with E-state index in [2.05, 4.69) is 10.4 Å². The van der Waals surface area contributed by atoms with Crippen molar-refractivity contribution in [2.45, 2.75) is 32.0 Å². The molecule has 1 aromatic heterocycles. The van der Waals surface area contributed by atoms with E-state index in [-0.39, 0.29) is 12.5 Å². The molecule has 0 bridgehead atoms. The maximum atomic E-state index is 13.0. The molecule has 1 fully saturated rings. The molecule has 1 saturated heterocycles. The van der Waals surface area contributed by atoms with Crippen LogP contribution < -0.4 is 15.7 Å². The van der Waals surface area contributed by atoms with Crippen LogP contribution in [0.2, 0.25) is 0 Å². The fraction of sp³-hybridized carbons (Fsp3) is 0.526. The van der Waals surface area contributed by atoms with E-state index in [1.165, 1.54) is 0 Å². The molecule has 30 heavy (non-hydrogen) atoms. The quantitative estimate of drug-likeness (QED) is 0.765. The highest BCUT2D eigenvalue weighted by molar-refractivity contribution is 5.93. The Hall–Kier alpha value is -2.82. The summed E-state index contributed by atoms with van der Waals surface area (Å²) < 4.78 is 45.8. The standard InChI is InChI=1S/C19H24F3N5O3/c1-3-30-15-7-5-4-6-14(15)23-16(28)12-26-10-8-13(9-11-26)27-18(29)25(2)17(24-27)19(20,21)22/h4-7,13H,3,8-12H2,1-2H3,(H,23,28). The molecule has 1 N–H and O–H groups in total. The van der Waals surface area contributed by atoms with Gasteiger partial charge >= 0.3 is 11.9 Å². The molecule has 0 radical (unpaired) electrons. The zero-order valence-corrected chi connectivity index (χ0v) is 16.8. The third kappa shape index (κ3) is 4.84. The number of nitrogens with one attached hydrogen (secondary N) is 1. The van der Waals surface area contributed by atoms with Gasteiger partial charge in [-0.1, -0.05) is 12.1 Å². The number of hydrogen-bond acceptors (Lipinski definition) is 5. The van der Waals surface area contributed by atoms with Crippen LogP contribution in [-0.4, -0.2) is 51.4 Å². The Balaban J connectivity index is 1.58. The molecular formula is C19H24F3N5O3. The molecule has 1 amide bonds. The number of likely N-dealkylation sites (tertiary alicyclic amines) is 1. The predicted molar refractivity (Wildman–Crippen MR) is 103 cm³/mol. The van der Waals surface area contributed by atoms with Gasteiger partial charge in [-0.3, -0.25) is 14.3 Å². The second-order valence-electron chi connectivity index (χ2n) is 7.09. The van der Waals surface area contributed by atoms with Crippen LogP contribution in [0, 0.1) is 0 Å². The molecule has 11 heteroatoms. The van der Waals surface area contributed by atoms with Gasteiger partial charge in [0.1, 0.15) is 5.75 Å². The van der Waals surface area contributed by atoms with Gasteiger partial charge in [0.2, 0.25) is 11.7 Å². The number of ether oxygens (including phenoxy) is 1. The molecule has 2 heterocycles. The van der Waals surface area contributed by atoms with E-state index in [1.807, 2.05) is 17.9 Å². The topological polar surface area (TPSA) is 81.4 Å². The highest BCUT2D eigenvalue weighted by Crippen LogP contribution is 2.28. The summed E-state index contributed by atoms with van der Waals surface area (Å²) in [6, 6.07) is 6.70. The molecule has 1 aromatic carbocycles. The fourth-order valence-corrected chi connectivity index (χ4v) is 3.51. The van der Waals surface area contributed by atoms with Gasteiger partial charge in [0.05, 0.1) is 24.9 Å². The van der Waals surface area contributed by atoms with Crippen molar-refractivity contribution in [3.8, 4) is 5.75 Å². The Bertz CT molecular complexity index is 946. The highest BCUT2D eigenvalue weighted by Gasteiger charge is 2.39. The van der Waals surface area contributed by atoms with E-state index >= 15 is 0 Å². The van der Waals surface area contributed by atoms with E-state index < -0.39 is 23.7 Å². The monoisotopic (exact) mass is 427 g/mol. The van der Waals surface area contributed by atoms with Crippen molar-refractivity contribution >= 4 is 11.6 Å². The van der Waals surface area contributed by atoms with Crippen molar-refractivity contribution in [3.63, 3.8) is 0 Å². The van der Waals surface area contributed by atoms with Gasteiger partial charge in [-0.2, -0.15) is 13.2 Å². The second kappa shape index (κ2) is 8.90. The molecule has 164 valence electrons. The average Bonchev–Trinajstić information content (AvgIpc) is 2.99. The number of hydrogen-bond donors (Lipinski definition) is 1. The first-order chi connectivity index (χ1) is 14.2. The van der Waals surface area contributed by atoms with Gasteiger partial charge < -0.3 is 10.1 Å². The lowest BCUT2D eigenvalue weighted by molar-refractivity contribution is -0.147. The number of carbonyl (C=O) groups is 1. The van der Waals surface area contributed by atoms with Crippen molar-refractivity contribution in [2.24, 2.45) is 7.05 Å². The molecule has 0 spiro atoms. The Kier molecular flexibility index (Phi) is 6.49. The molecule has 3 rings (SSSR count). The third-order valence-electron chi connectivity index (χ3n) is 4.99. The van der Waals surface area contributed by atoms with Crippen LogP contribution in [0.1, 0.15) is 31.6 Å². The van der Waals surface area contributed by atoms with Crippen LogP contribution in [0.15, 0.2) is 29.1 Å². The van der Waals surface area contributed by atoms with Crippen LogP contribution in [0.5, 0.6) is 5.75 Å². The maximum Gasteiger partial charge on any atom is 0.451 e. The Labute approximate surface area is 171 Å². The normalized spacial score (nSPS) is 15.9. The number of rotatable bonds is 6. The lowest BCUT2D eigenvalue weighted by atomic mass is 10.1. The molecule has 0 atom stereocenters. The van der Waals surface area contributed by atoms with E-state index in [0.717, 1.165) is 11.7 Å². The van der Waals surface area contributed by atoms with Gasteiger partial charge in [-0.05, 0) is 31.9 Å². The molecule has 0 unspecified atom stereocenters. The molecule has 1 aliphatic rings. The summed E-state index contributed by atoms with van der Waals surface area (Å²) in [5.74, 6) is -0.834. The maximum absolute atomic E-state index is 13.0. The highest BCUT2D eigenvalue weighted by atomic mass is 19.4. The number of alkyl halides is 3. The summed E-state index contributed by atoms with van der Waals surface area (Å²) in [4.78, 5) is 26.5. The van der Waals surface area contributed by atoms with Crippen molar-refractivity contribution < 1.29 is 22.7 Å². The van der Waals surface area contributed by atoms with Gasteiger partial charge in [-0.15, -0.1) is 5.10 Å². The smallest absolute Gasteiger partial charge is 0.451 e. The minimum atomic E-state index is -4.68. The van der Waals surface area contributed by atoms with Crippen LogP contribution >= 0.6 is 0 Å². The summed E-state index contributed by atoms with van der Waals surface area (Å²) in [5, 5.41) is 6.32. The number of para-hydroxylation sites is 2. The van der Waals surface area contributed by atoms with Gasteiger partial charge in [0.25, 0.3) is 0 Å². The minimum absolute atomic E-state index is 0.137. The number of piperidine rings is 1. The van der Waals surface area contributed by atoms with Crippen molar-refractivity contribution in [1.82, 2.24) is 19.2 Å². The first kappa shape index (κ1) is 21.9. The first-order valence-corrected chi connectivity index (χ1v) is 9.67. The summed E-state index contributed by atoms with van der Waals surface area (Å²) in [6.45, 7) is 3.40. The number of halogens is 3. The molecule has 8 nitrogen and oxygen atoms in total. The minimum Gasteiger partial charge on any atom is -0.492 e. The molecule has 0 aliphatic carbocycles. The Morgan fingerprint density at radius 2 is 1.93 bits per heavy atom. The van der Waals surface area contributed by atoms with Crippen LogP contribution in [0.3, 0.4) is 0 Å². The van der Waals surface area contributed by atoms with Gasteiger partial charge in [0, 0.05) is 20.1 Å². The van der Waals surface area contributed by atoms with E-state index in [0.29, 0.717) is 48.5 Å². The van der Waals surface area contributed by atoms with E-state index in [1.54, 1.807) is 18.2 Å². The molecule has 1 aliphatic heterocycles. The van der Waals surface area contributed by atoms with Gasteiger partial charge in [0.15, 0.2) is 0 Å². The molecule has 0 saturated carbocycles. The third-order valence-corrected chi connectivity index (χ3v) is 4.99. The average molecular weight is 427 g/mol. The Morgan fingerprint density at radius 3 is 2.53 bits per heavy atom. The van der Waals surface area contributed by atoms with Crippen LogP contribution in [-0.2, 0) is 18.0 Å². The number of benzene rings is 1. The summed E-state index contributed by atoms with van der Waals surface area (Å²) in [5.41, 5.74) is -0.204. The van der Waals surface area contributed by atoms with E-state index in [9.17, 15) is 22.8 Å². The largest absolute Gasteiger partial charge is 0.492 e. The zero-order chi connectivity index (χ0) is 21.9. The van der Waals surface area contributed by atoms with Crippen LogP contribution in [0.25, 0.3) is 0 Å².